The Morgan fingerprint density at radius 3 is 2.50 bits per heavy atom. The van der Waals surface area contributed by atoms with Gasteiger partial charge >= 0.3 is 11.8 Å². The zero-order chi connectivity index (χ0) is 12.0. The highest BCUT2D eigenvalue weighted by Gasteiger charge is 2.37. The molecule has 0 fully saturated rings. The van der Waals surface area contributed by atoms with Crippen LogP contribution in [-0.4, -0.2) is 11.8 Å². The largest absolute Gasteiger partial charge is 0.330 e. The van der Waals surface area contributed by atoms with Crippen LogP contribution in [0.3, 0.4) is 0 Å². The minimum absolute atomic E-state index is 0.431. The fourth-order valence-corrected chi connectivity index (χ4v) is 1.07. The lowest BCUT2D eigenvalue weighted by Crippen LogP contribution is -2.35. The van der Waals surface area contributed by atoms with Gasteiger partial charge in [0.05, 0.1) is 0 Å². The van der Waals surface area contributed by atoms with Crippen molar-refractivity contribution in [3.05, 3.63) is 42.0 Å². The Bertz CT molecular complexity index is 376. The second-order valence-corrected chi connectivity index (χ2v) is 3.15. The lowest BCUT2D eigenvalue weighted by molar-refractivity contribution is -0.149. The molecule has 0 atom stereocenters. The summed E-state index contributed by atoms with van der Waals surface area (Å²) < 4.78 is 37.2. The van der Waals surface area contributed by atoms with Crippen molar-refractivity contribution in [2.45, 2.75) is 12.3 Å². The Morgan fingerprint density at radius 1 is 1.31 bits per heavy atom. The number of benzene rings is 1. The van der Waals surface area contributed by atoms with Gasteiger partial charge in [0.25, 0.3) is 0 Å². The third kappa shape index (κ3) is 3.42. The Morgan fingerprint density at radius 2 is 1.94 bits per heavy atom. The highest BCUT2D eigenvalue weighted by molar-refractivity contribution is 5.82. The summed E-state index contributed by atoms with van der Waals surface area (Å²) in [7, 11) is 0. The summed E-state index contributed by atoms with van der Waals surface area (Å²) in [6.07, 6.45) is 1.74. The second-order valence-electron chi connectivity index (χ2n) is 3.15. The lowest BCUT2D eigenvalue weighted by atomic mass is 10.1. The van der Waals surface area contributed by atoms with Crippen LogP contribution in [0, 0.1) is 0 Å². The van der Waals surface area contributed by atoms with Crippen molar-refractivity contribution in [2.24, 2.45) is 0 Å². The minimum Gasteiger partial charge on any atom is -0.265 e. The summed E-state index contributed by atoms with van der Waals surface area (Å²) in [6, 6.07) is 8.76. The highest BCUT2D eigenvalue weighted by atomic mass is 19.3. The molecular weight excluding hydrogens is 219 g/mol. The molecular formula is C11H10F3NO. The van der Waals surface area contributed by atoms with Crippen molar-refractivity contribution in [3.8, 4) is 0 Å². The molecule has 5 heteroatoms. The molecule has 16 heavy (non-hydrogen) atoms. The number of hydrogen-bond acceptors (Lipinski definition) is 1. The molecule has 0 bridgehead atoms. The second kappa shape index (κ2) is 5.34. The minimum atomic E-state index is -3.72. The number of allylic oxidation sites excluding steroid dienone is 1. The summed E-state index contributed by atoms with van der Waals surface area (Å²) >= 11 is 0. The Labute approximate surface area is 90.7 Å². The SMILES string of the molecule is O=C(NF)C(F)(F)C/C=C/c1ccccc1. The van der Waals surface area contributed by atoms with Crippen LogP contribution in [0.2, 0.25) is 0 Å². The van der Waals surface area contributed by atoms with E-state index in [9.17, 15) is 18.1 Å². The van der Waals surface area contributed by atoms with Crippen LogP contribution < -0.4 is 5.54 Å². The normalized spacial score (nSPS) is 11.7. The fourth-order valence-electron chi connectivity index (χ4n) is 1.07. The Balaban J connectivity index is 2.58. The fraction of sp³-hybridized carbons (Fsp3) is 0.182. The summed E-state index contributed by atoms with van der Waals surface area (Å²) in [4.78, 5) is 10.4. The van der Waals surface area contributed by atoms with Crippen molar-refractivity contribution >= 4 is 12.0 Å². The number of carbonyl (C=O) groups is 1. The van der Waals surface area contributed by atoms with E-state index in [1.54, 1.807) is 30.3 Å². The first-order valence-corrected chi connectivity index (χ1v) is 4.57. The van der Waals surface area contributed by atoms with Crippen LogP contribution in [-0.2, 0) is 4.79 Å². The van der Waals surface area contributed by atoms with Crippen LogP contribution in [0.1, 0.15) is 12.0 Å². The van der Waals surface area contributed by atoms with Gasteiger partial charge in [-0.3, -0.25) is 4.79 Å². The molecule has 0 saturated carbocycles. The van der Waals surface area contributed by atoms with E-state index in [1.165, 1.54) is 6.08 Å². The van der Waals surface area contributed by atoms with Crippen LogP contribution in [0.15, 0.2) is 36.4 Å². The average Bonchev–Trinajstić information content (AvgIpc) is 2.29. The smallest absolute Gasteiger partial charge is 0.265 e. The van der Waals surface area contributed by atoms with Gasteiger partial charge in [0.1, 0.15) is 0 Å². The van der Waals surface area contributed by atoms with Gasteiger partial charge in [-0.05, 0) is 5.56 Å². The van der Waals surface area contributed by atoms with Crippen molar-refractivity contribution in [2.75, 3.05) is 0 Å². The third-order valence-corrected chi connectivity index (χ3v) is 1.90. The molecule has 0 aliphatic rings. The van der Waals surface area contributed by atoms with Crippen LogP contribution >= 0.6 is 0 Å². The first-order chi connectivity index (χ1) is 7.56. The number of hydrogen-bond donors (Lipinski definition) is 1. The van der Waals surface area contributed by atoms with E-state index in [2.05, 4.69) is 0 Å². The van der Waals surface area contributed by atoms with Crippen LogP contribution in [0.4, 0.5) is 13.3 Å². The molecule has 0 spiro atoms. The summed E-state index contributed by atoms with van der Waals surface area (Å²) in [5, 5.41) is 0. The van der Waals surface area contributed by atoms with Gasteiger partial charge in [-0.1, -0.05) is 42.5 Å². The third-order valence-electron chi connectivity index (χ3n) is 1.90. The maximum Gasteiger partial charge on any atom is 0.330 e. The molecule has 0 aliphatic carbocycles. The quantitative estimate of drug-likeness (QED) is 0.790. The monoisotopic (exact) mass is 229 g/mol. The van der Waals surface area contributed by atoms with Crippen LogP contribution in [0.5, 0.6) is 0 Å². The number of halogens is 3. The summed E-state index contributed by atoms with van der Waals surface area (Å²) in [5.74, 6) is -5.65. The van der Waals surface area contributed by atoms with Crippen molar-refractivity contribution in [1.29, 1.82) is 0 Å². The molecule has 86 valence electrons. The Kier molecular flexibility index (Phi) is 4.10. The van der Waals surface area contributed by atoms with Gasteiger partial charge in [-0.25, -0.2) is 0 Å². The molecule has 1 aromatic rings. The number of amides is 1. The molecule has 0 unspecified atom stereocenters. The molecule has 0 heterocycles. The van der Waals surface area contributed by atoms with E-state index in [1.807, 2.05) is 0 Å². The van der Waals surface area contributed by atoms with Gasteiger partial charge in [-0.15, -0.1) is 4.48 Å². The maximum absolute atomic E-state index is 12.8. The van der Waals surface area contributed by atoms with Gasteiger partial charge in [0.2, 0.25) is 0 Å². The summed E-state index contributed by atoms with van der Waals surface area (Å²) in [5.41, 5.74) is 1.17. The average molecular weight is 229 g/mol. The molecule has 1 rings (SSSR count). The Hall–Kier alpha value is -1.78. The van der Waals surface area contributed by atoms with E-state index in [0.717, 1.165) is 11.6 Å². The predicted molar refractivity (Wildman–Crippen MR) is 54.3 cm³/mol. The number of carbonyl (C=O) groups excluding carboxylic acids is 1. The summed E-state index contributed by atoms with van der Waals surface area (Å²) in [6.45, 7) is 0. The molecule has 2 nitrogen and oxygen atoms in total. The predicted octanol–water partition coefficient (Wildman–Crippen LogP) is 2.73. The molecule has 0 radical (unpaired) electrons. The zero-order valence-electron chi connectivity index (χ0n) is 8.29. The topological polar surface area (TPSA) is 29.1 Å². The number of alkyl halides is 2. The van der Waals surface area contributed by atoms with E-state index in [4.69, 9.17) is 0 Å². The van der Waals surface area contributed by atoms with E-state index in [-0.39, 0.29) is 0 Å². The zero-order valence-corrected chi connectivity index (χ0v) is 8.29. The van der Waals surface area contributed by atoms with E-state index in [0.29, 0.717) is 5.54 Å². The molecule has 1 aromatic carbocycles. The van der Waals surface area contributed by atoms with E-state index >= 15 is 0 Å². The molecule has 1 N–H and O–H groups in total. The maximum atomic E-state index is 12.8. The van der Waals surface area contributed by atoms with Gasteiger partial charge in [-0.2, -0.15) is 14.3 Å². The van der Waals surface area contributed by atoms with Crippen molar-refractivity contribution in [3.63, 3.8) is 0 Å². The highest BCUT2D eigenvalue weighted by Crippen LogP contribution is 2.19. The number of rotatable bonds is 4. The van der Waals surface area contributed by atoms with Gasteiger partial charge < -0.3 is 0 Å². The van der Waals surface area contributed by atoms with Crippen LogP contribution in [0.25, 0.3) is 6.08 Å². The van der Waals surface area contributed by atoms with Crippen molar-refractivity contribution < 1.29 is 18.1 Å². The molecule has 0 saturated heterocycles. The first kappa shape index (κ1) is 12.3. The van der Waals surface area contributed by atoms with E-state index < -0.39 is 18.3 Å². The standard InChI is InChI=1S/C11H10F3NO/c12-11(13,10(16)15-14)8-4-7-9-5-2-1-3-6-9/h1-7H,8H2,(H,15,16)/b7-4+. The first-order valence-electron chi connectivity index (χ1n) is 4.57. The van der Waals surface area contributed by atoms with Gasteiger partial charge in [0, 0.05) is 6.42 Å². The van der Waals surface area contributed by atoms with Crippen molar-refractivity contribution in [1.82, 2.24) is 5.54 Å². The molecule has 0 aliphatic heterocycles. The number of nitrogens with one attached hydrogen (secondary N) is 1. The lowest BCUT2D eigenvalue weighted by Gasteiger charge is -2.09. The molecule has 0 aromatic heterocycles. The molecule has 1 amide bonds. The van der Waals surface area contributed by atoms with Gasteiger partial charge in [0.15, 0.2) is 0 Å².